The summed E-state index contributed by atoms with van der Waals surface area (Å²) in [6.45, 7) is 0. The fourth-order valence-corrected chi connectivity index (χ4v) is 3.86. The van der Waals surface area contributed by atoms with E-state index in [1.807, 2.05) is 0 Å². The van der Waals surface area contributed by atoms with Crippen LogP contribution in [0.25, 0.3) is 11.1 Å². The van der Waals surface area contributed by atoms with E-state index >= 15 is 0 Å². The Hall–Kier alpha value is -2.27. The van der Waals surface area contributed by atoms with E-state index in [0.29, 0.717) is 5.56 Å². The van der Waals surface area contributed by atoms with Gasteiger partial charge in [-0.05, 0) is 59.4 Å². The molecule has 0 radical (unpaired) electrons. The summed E-state index contributed by atoms with van der Waals surface area (Å²) in [6, 6.07) is 10.6. The molecule has 0 heterocycles. The van der Waals surface area contributed by atoms with Gasteiger partial charge >= 0.3 is 0 Å². The second kappa shape index (κ2) is 5.36. The van der Waals surface area contributed by atoms with Gasteiger partial charge in [-0.15, -0.1) is 0 Å². The number of hydrogen-bond donors (Lipinski definition) is 0. The topological polar surface area (TPSA) is 34.1 Å². The van der Waals surface area contributed by atoms with Crippen molar-refractivity contribution in [2.75, 3.05) is 6.26 Å². The molecule has 0 amide bonds. The minimum Gasteiger partial charge on any atom is -0.224 e. The lowest BCUT2D eigenvalue weighted by Gasteiger charge is -2.10. The molecule has 0 N–H and O–H groups in total. The fourth-order valence-electron chi connectivity index (χ4n) is 3.23. The highest BCUT2D eigenvalue weighted by atomic mass is 32.2. The average molecular weight is 358 g/mol. The fraction of sp³-hybridized carbons (Fsp3) is 0.200. The summed E-state index contributed by atoms with van der Waals surface area (Å²) in [5, 5.41) is 0. The molecule has 1 saturated carbocycles. The lowest BCUT2D eigenvalue weighted by molar-refractivity contribution is 0.508. The SMILES string of the molecule is CS(=O)(=O)c1ccc(C2=CC3(C=C2c2ccc(F)c(F)c2)CC3)cc1. The third kappa shape index (κ3) is 2.93. The summed E-state index contributed by atoms with van der Waals surface area (Å²) >= 11 is 0. The predicted molar refractivity (Wildman–Crippen MR) is 93.5 cm³/mol. The van der Waals surface area contributed by atoms with Crippen molar-refractivity contribution >= 4 is 21.0 Å². The Labute approximate surface area is 145 Å². The van der Waals surface area contributed by atoms with Crippen molar-refractivity contribution in [2.45, 2.75) is 17.7 Å². The second-order valence-electron chi connectivity index (χ2n) is 6.77. The number of allylic oxidation sites excluding steroid dienone is 4. The normalized spacial score (nSPS) is 18.2. The van der Waals surface area contributed by atoms with Crippen LogP contribution in [0.4, 0.5) is 8.78 Å². The van der Waals surface area contributed by atoms with Gasteiger partial charge in [0.25, 0.3) is 0 Å². The molecule has 2 aromatic carbocycles. The van der Waals surface area contributed by atoms with E-state index in [0.717, 1.165) is 35.6 Å². The molecular weight excluding hydrogens is 342 g/mol. The summed E-state index contributed by atoms with van der Waals surface area (Å²) in [7, 11) is -3.26. The Balaban J connectivity index is 1.78. The minimum atomic E-state index is -3.26. The highest BCUT2D eigenvalue weighted by molar-refractivity contribution is 7.90. The van der Waals surface area contributed by atoms with Gasteiger partial charge in [0, 0.05) is 11.7 Å². The van der Waals surface area contributed by atoms with Crippen LogP contribution in [0.5, 0.6) is 0 Å². The summed E-state index contributed by atoms with van der Waals surface area (Å²) in [6.07, 6.45) is 7.50. The Morgan fingerprint density at radius 1 is 0.840 bits per heavy atom. The average Bonchev–Trinajstić information content (AvgIpc) is 3.20. The Bertz CT molecular complexity index is 1030. The third-order valence-electron chi connectivity index (χ3n) is 4.81. The van der Waals surface area contributed by atoms with Crippen LogP contribution >= 0.6 is 0 Å². The van der Waals surface area contributed by atoms with Crippen molar-refractivity contribution in [1.82, 2.24) is 0 Å². The highest BCUT2D eigenvalue weighted by Gasteiger charge is 2.43. The monoisotopic (exact) mass is 358 g/mol. The first kappa shape index (κ1) is 16.2. The zero-order valence-electron chi connectivity index (χ0n) is 13.6. The molecule has 1 fully saturated rings. The van der Waals surface area contributed by atoms with E-state index in [4.69, 9.17) is 0 Å². The van der Waals surface area contributed by atoms with Crippen molar-refractivity contribution in [3.63, 3.8) is 0 Å². The summed E-state index contributed by atoms with van der Waals surface area (Å²) < 4.78 is 50.2. The Morgan fingerprint density at radius 3 is 1.92 bits per heavy atom. The standard InChI is InChI=1S/C20H16F2O2S/c1-25(23,24)15-5-2-13(3-6-15)16-11-20(8-9-20)12-17(16)14-4-7-18(21)19(22)10-14/h2-7,10-12H,8-9H2,1H3. The lowest BCUT2D eigenvalue weighted by atomic mass is 9.95. The second-order valence-corrected chi connectivity index (χ2v) is 8.79. The van der Waals surface area contributed by atoms with E-state index in [1.165, 1.54) is 12.3 Å². The Kier molecular flexibility index (Phi) is 3.48. The first-order valence-corrected chi connectivity index (χ1v) is 9.89. The van der Waals surface area contributed by atoms with Crippen LogP contribution < -0.4 is 0 Å². The maximum Gasteiger partial charge on any atom is 0.175 e. The van der Waals surface area contributed by atoms with E-state index in [1.54, 1.807) is 30.3 Å². The molecule has 0 aliphatic heterocycles. The molecule has 2 aliphatic carbocycles. The summed E-state index contributed by atoms with van der Waals surface area (Å²) in [5.41, 5.74) is 3.30. The van der Waals surface area contributed by atoms with Crippen molar-refractivity contribution in [1.29, 1.82) is 0 Å². The first-order chi connectivity index (χ1) is 11.8. The van der Waals surface area contributed by atoms with Crippen LogP contribution in [-0.2, 0) is 9.84 Å². The van der Waals surface area contributed by atoms with Gasteiger partial charge in [0.15, 0.2) is 21.5 Å². The van der Waals surface area contributed by atoms with Gasteiger partial charge in [-0.25, -0.2) is 17.2 Å². The van der Waals surface area contributed by atoms with E-state index in [-0.39, 0.29) is 10.3 Å². The van der Waals surface area contributed by atoms with Gasteiger partial charge in [0.05, 0.1) is 4.90 Å². The minimum absolute atomic E-state index is 0.00499. The first-order valence-electron chi connectivity index (χ1n) is 7.99. The molecule has 2 aromatic rings. The molecular formula is C20H16F2O2S. The molecule has 0 bridgehead atoms. The molecule has 4 rings (SSSR count). The molecule has 0 unspecified atom stereocenters. The summed E-state index contributed by atoms with van der Waals surface area (Å²) in [5.74, 6) is -1.74. The van der Waals surface area contributed by atoms with Crippen LogP contribution in [-0.4, -0.2) is 14.7 Å². The molecule has 128 valence electrons. The van der Waals surface area contributed by atoms with Crippen molar-refractivity contribution in [3.8, 4) is 0 Å². The lowest BCUT2D eigenvalue weighted by Crippen LogP contribution is -1.97. The van der Waals surface area contributed by atoms with Crippen LogP contribution in [0.15, 0.2) is 59.5 Å². The number of rotatable bonds is 3. The number of sulfone groups is 1. The van der Waals surface area contributed by atoms with Crippen LogP contribution in [0, 0.1) is 17.0 Å². The van der Waals surface area contributed by atoms with Gasteiger partial charge < -0.3 is 0 Å². The maximum atomic E-state index is 13.7. The van der Waals surface area contributed by atoms with Gasteiger partial charge in [0.2, 0.25) is 0 Å². The zero-order chi connectivity index (χ0) is 17.8. The quantitative estimate of drug-likeness (QED) is 0.802. The molecule has 2 aliphatic rings. The molecule has 1 spiro atoms. The van der Waals surface area contributed by atoms with Crippen LogP contribution in [0.2, 0.25) is 0 Å². The van der Waals surface area contributed by atoms with E-state index < -0.39 is 21.5 Å². The van der Waals surface area contributed by atoms with Gasteiger partial charge in [-0.1, -0.05) is 30.4 Å². The molecule has 0 atom stereocenters. The summed E-state index contributed by atoms with van der Waals surface area (Å²) in [4.78, 5) is 0.259. The molecule has 5 heteroatoms. The zero-order valence-corrected chi connectivity index (χ0v) is 14.4. The van der Waals surface area contributed by atoms with E-state index in [2.05, 4.69) is 12.2 Å². The van der Waals surface area contributed by atoms with Gasteiger partial charge in [0.1, 0.15) is 0 Å². The smallest absolute Gasteiger partial charge is 0.175 e. The largest absolute Gasteiger partial charge is 0.224 e. The molecule has 25 heavy (non-hydrogen) atoms. The number of benzene rings is 2. The van der Waals surface area contributed by atoms with Gasteiger partial charge in [-0.2, -0.15) is 0 Å². The van der Waals surface area contributed by atoms with Crippen molar-refractivity contribution < 1.29 is 17.2 Å². The van der Waals surface area contributed by atoms with Gasteiger partial charge in [-0.3, -0.25) is 0 Å². The molecule has 2 nitrogen and oxygen atoms in total. The predicted octanol–water partition coefficient (Wildman–Crippen LogP) is 4.63. The van der Waals surface area contributed by atoms with Crippen LogP contribution in [0.1, 0.15) is 24.0 Å². The third-order valence-corrected chi connectivity index (χ3v) is 5.93. The molecule has 0 saturated heterocycles. The highest BCUT2D eigenvalue weighted by Crippen LogP contribution is 2.57. The van der Waals surface area contributed by atoms with Crippen molar-refractivity contribution in [2.24, 2.45) is 5.41 Å². The van der Waals surface area contributed by atoms with Crippen LogP contribution in [0.3, 0.4) is 0 Å². The number of hydrogen-bond acceptors (Lipinski definition) is 2. The van der Waals surface area contributed by atoms with E-state index in [9.17, 15) is 17.2 Å². The number of halogens is 2. The van der Waals surface area contributed by atoms with Crippen molar-refractivity contribution in [3.05, 3.63) is 77.4 Å². The molecule has 0 aromatic heterocycles. The Morgan fingerprint density at radius 2 is 1.40 bits per heavy atom. The maximum absolute atomic E-state index is 13.7.